The van der Waals surface area contributed by atoms with Gasteiger partial charge in [-0.3, -0.25) is 0 Å². The molecule has 0 N–H and O–H groups in total. The lowest BCUT2D eigenvalue weighted by Crippen LogP contribution is -2.10. The van der Waals surface area contributed by atoms with E-state index >= 15 is 0 Å². The molecular weight excluding hydrogens is 655 g/mol. The maximum Gasteiger partial charge on any atom is 0.143 e. The number of hydrogen-bond donors (Lipinski definition) is 0. The Kier molecular flexibility index (Phi) is 6.02. The van der Waals surface area contributed by atoms with Gasteiger partial charge in [0.1, 0.15) is 11.2 Å². The zero-order valence-corrected chi connectivity index (χ0v) is 29.1. The summed E-state index contributed by atoms with van der Waals surface area (Å²) >= 11 is 0. The first-order chi connectivity index (χ1) is 28.4. The number of furan rings is 1. The Labute approximate surface area is 318 Å². The molecule has 2 heteroatoms. The molecule has 0 saturated carbocycles. The smallest absolute Gasteiger partial charge is 0.143 e. The van der Waals surface area contributed by atoms with Crippen molar-refractivity contribution < 1.29 is 9.90 Å². The predicted octanol–water partition coefficient (Wildman–Crippen LogP) is 15.0. The van der Waals surface area contributed by atoms with Gasteiger partial charge in [-0.25, -0.2) is 0 Å². The Morgan fingerprint density at radius 3 is 1.83 bits per heavy atom. The fraction of sp³-hybridized carbons (Fsp3) is 0. The van der Waals surface area contributed by atoms with Crippen LogP contribution in [0.3, 0.4) is 0 Å². The summed E-state index contributed by atoms with van der Waals surface area (Å²) in [5, 5.41) is 10.3. The summed E-state index contributed by atoms with van der Waals surface area (Å²) in [6, 6.07) is 58.6. The number of benzene rings is 10. The second kappa shape index (κ2) is 12.2. The molecule has 54 heavy (non-hydrogen) atoms. The largest absolute Gasteiger partial charge is 0.455 e. The van der Waals surface area contributed by atoms with Crippen LogP contribution in [0.2, 0.25) is 0 Å². The zero-order valence-electron chi connectivity index (χ0n) is 33.1. The monoisotopic (exact) mass is 691 g/mol. The van der Waals surface area contributed by atoms with Crippen LogP contribution in [0.4, 0.5) is 17.1 Å². The third-order valence-corrected chi connectivity index (χ3v) is 10.7. The quantitative estimate of drug-likeness (QED) is 0.167. The van der Waals surface area contributed by atoms with Gasteiger partial charge in [0.05, 0.1) is 16.6 Å². The van der Waals surface area contributed by atoms with Crippen molar-refractivity contribution in [3.63, 3.8) is 0 Å². The molecule has 0 aliphatic heterocycles. The summed E-state index contributed by atoms with van der Waals surface area (Å²) in [6.45, 7) is 0. The van der Waals surface area contributed by atoms with Crippen LogP contribution in [0.5, 0.6) is 0 Å². The van der Waals surface area contributed by atoms with Crippen LogP contribution in [0.15, 0.2) is 205 Å². The number of hydrogen-bond acceptors (Lipinski definition) is 2. The molecule has 10 aromatic carbocycles. The van der Waals surface area contributed by atoms with E-state index in [9.17, 15) is 5.48 Å². The van der Waals surface area contributed by atoms with E-state index in [0.29, 0.717) is 22.5 Å². The molecule has 0 fully saturated rings. The molecule has 11 rings (SSSR count). The molecule has 0 atom stereocenters. The molecule has 0 unspecified atom stereocenters. The maximum absolute atomic E-state index is 9.72. The first-order valence-electron chi connectivity index (χ1n) is 20.2. The second-order valence-corrected chi connectivity index (χ2v) is 13.8. The average molecular weight is 692 g/mol. The van der Waals surface area contributed by atoms with Gasteiger partial charge >= 0.3 is 0 Å². The van der Waals surface area contributed by atoms with E-state index in [0.717, 1.165) is 70.6 Å². The minimum atomic E-state index is -0.138. The van der Waals surface area contributed by atoms with Crippen molar-refractivity contribution in [3.05, 3.63) is 200 Å². The van der Waals surface area contributed by atoms with Crippen LogP contribution in [0.25, 0.3) is 87.3 Å². The Hall–Kier alpha value is -7.16. The van der Waals surface area contributed by atoms with Crippen molar-refractivity contribution in [1.29, 1.82) is 0 Å². The molecule has 0 spiro atoms. The highest BCUT2D eigenvalue weighted by Gasteiger charge is 2.21. The van der Waals surface area contributed by atoms with Crippen LogP contribution in [-0.2, 0) is 0 Å². The van der Waals surface area contributed by atoms with Crippen LogP contribution in [0, 0.1) is 0 Å². The lowest BCUT2D eigenvalue weighted by atomic mass is 9.97. The van der Waals surface area contributed by atoms with Gasteiger partial charge in [0.15, 0.2) is 0 Å². The molecule has 252 valence electrons. The number of fused-ring (bicyclic) bond motifs is 9. The van der Waals surface area contributed by atoms with Crippen LogP contribution in [-0.4, -0.2) is 0 Å². The third-order valence-electron chi connectivity index (χ3n) is 10.7. The van der Waals surface area contributed by atoms with Crippen molar-refractivity contribution in [2.45, 2.75) is 0 Å². The SMILES string of the molecule is [2H]c1c([2H])c(N(c2cccc(-c3ccc4ccccc4c3)c2)c2cccc3oc4c5ccccc5ccc4c23)c([2H])c([2H])c1-c1ccc2c(ccc3ccccc32)c1. The normalized spacial score (nSPS) is 12.7. The topological polar surface area (TPSA) is 16.4 Å². The Morgan fingerprint density at radius 2 is 0.963 bits per heavy atom. The Balaban J connectivity index is 1.16. The summed E-state index contributed by atoms with van der Waals surface area (Å²) in [4.78, 5) is 1.88. The van der Waals surface area contributed by atoms with Crippen LogP contribution < -0.4 is 4.90 Å². The van der Waals surface area contributed by atoms with Gasteiger partial charge in [-0.15, -0.1) is 0 Å². The van der Waals surface area contributed by atoms with Gasteiger partial charge in [-0.2, -0.15) is 0 Å². The van der Waals surface area contributed by atoms with Crippen LogP contribution >= 0.6 is 0 Å². The molecule has 2 nitrogen and oxygen atoms in total. The van der Waals surface area contributed by atoms with Gasteiger partial charge in [-0.1, -0.05) is 146 Å². The van der Waals surface area contributed by atoms with Gasteiger partial charge in [0.2, 0.25) is 0 Å². The minimum Gasteiger partial charge on any atom is -0.455 e. The fourth-order valence-corrected chi connectivity index (χ4v) is 8.03. The highest BCUT2D eigenvalue weighted by Crippen LogP contribution is 2.45. The van der Waals surface area contributed by atoms with E-state index in [1.807, 2.05) is 89.8 Å². The summed E-state index contributed by atoms with van der Waals surface area (Å²) in [5.74, 6) is 0. The third kappa shape index (κ3) is 4.96. The van der Waals surface area contributed by atoms with E-state index in [1.54, 1.807) is 0 Å². The van der Waals surface area contributed by atoms with E-state index in [-0.39, 0.29) is 35.4 Å². The predicted molar refractivity (Wildman–Crippen MR) is 229 cm³/mol. The lowest BCUT2D eigenvalue weighted by Gasteiger charge is -2.27. The Morgan fingerprint density at radius 1 is 0.370 bits per heavy atom. The minimum absolute atomic E-state index is 0.109. The van der Waals surface area contributed by atoms with Crippen molar-refractivity contribution in [2.24, 2.45) is 0 Å². The molecule has 0 aliphatic rings. The first kappa shape index (κ1) is 26.6. The van der Waals surface area contributed by atoms with E-state index in [4.69, 9.17) is 4.42 Å². The zero-order chi connectivity index (χ0) is 39.1. The van der Waals surface area contributed by atoms with Crippen molar-refractivity contribution in [2.75, 3.05) is 4.90 Å². The van der Waals surface area contributed by atoms with E-state index in [2.05, 4.69) is 91.0 Å². The fourth-order valence-electron chi connectivity index (χ4n) is 8.03. The number of anilines is 3. The molecule has 1 aromatic heterocycles. The van der Waals surface area contributed by atoms with E-state index in [1.165, 1.54) is 0 Å². The summed E-state index contributed by atoms with van der Waals surface area (Å²) in [7, 11) is 0. The molecule has 11 aromatic rings. The van der Waals surface area contributed by atoms with Gasteiger partial charge in [-0.05, 0) is 115 Å². The van der Waals surface area contributed by atoms with Crippen molar-refractivity contribution in [1.82, 2.24) is 0 Å². The average Bonchev–Trinajstić information content (AvgIpc) is 3.67. The number of nitrogens with zero attached hydrogens (tertiary/aromatic N) is 1. The standard InChI is InChI=1S/C52H33NO/c1-2-12-38-31-41(21-19-34(38)9-1)39-13-7-14-44(33-39)53(49-17-8-18-50-51(49)48-30-25-37-11-4-6-16-47(37)52(48)54-50)43-27-23-35(24-28-43)40-26-29-46-42(32-40)22-20-36-10-3-5-15-45(36)46/h1-33H/i23D,24D,27D,28D. The number of rotatable bonds is 5. The molecule has 0 bridgehead atoms. The molecule has 1 heterocycles. The summed E-state index contributed by atoms with van der Waals surface area (Å²) in [5.41, 5.74) is 5.83. The Bertz CT molecular complexity index is 3450. The van der Waals surface area contributed by atoms with Gasteiger partial charge < -0.3 is 9.32 Å². The van der Waals surface area contributed by atoms with Crippen molar-refractivity contribution >= 4 is 82.1 Å². The highest BCUT2D eigenvalue weighted by molar-refractivity contribution is 6.19. The molecular formula is C52H33NO. The molecule has 0 saturated heterocycles. The van der Waals surface area contributed by atoms with Gasteiger partial charge in [0.25, 0.3) is 0 Å². The second-order valence-electron chi connectivity index (χ2n) is 13.8. The molecule has 0 amide bonds. The maximum atomic E-state index is 9.72. The lowest BCUT2D eigenvalue weighted by molar-refractivity contribution is 0.672. The van der Waals surface area contributed by atoms with Gasteiger partial charge in [0, 0.05) is 22.1 Å². The summed E-state index contributed by atoms with van der Waals surface area (Å²) in [6.07, 6.45) is 0. The molecule has 0 aliphatic carbocycles. The highest BCUT2D eigenvalue weighted by atomic mass is 16.3. The van der Waals surface area contributed by atoms with Crippen LogP contribution in [0.1, 0.15) is 5.48 Å². The van der Waals surface area contributed by atoms with E-state index < -0.39 is 0 Å². The molecule has 0 radical (unpaired) electrons. The van der Waals surface area contributed by atoms with Crippen molar-refractivity contribution in [3.8, 4) is 22.3 Å². The summed E-state index contributed by atoms with van der Waals surface area (Å²) < 4.78 is 45.1. The first-order valence-corrected chi connectivity index (χ1v) is 18.2.